The van der Waals surface area contributed by atoms with Crippen molar-refractivity contribution in [2.75, 3.05) is 29.1 Å². The number of hydrogen-bond acceptors (Lipinski definition) is 8. The van der Waals surface area contributed by atoms with Crippen LogP contribution < -0.4 is 25.4 Å². The summed E-state index contributed by atoms with van der Waals surface area (Å²) in [5.41, 5.74) is 7.12. The average Bonchev–Trinajstić information content (AvgIpc) is 2.85. The van der Waals surface area contributed by atoms with E-state index in [0.29, 0.717) is 11.4 Å². The Morgan fingerprint density at radius 1 is 1.11 bits per heavy atom. The summed E-state index contributed by atoms with van der Waals surface area (Å²) in [6, 6.07) is 16.0. The van der Waals surface area contributed by atoms with Crippen LogP contribution >= 0.6 is 0 Å². The Kier molecular flexibility index (Phi) is 7.14. The number of pyridine rings is 1. The second-order valence-electron chi connectivity index (χ2n) is 8.99. The van der Waals surface area contributed by atoms with Gasteiger partial charge in [0.25, 0.3) is 0 Å². The van der Waals surface area contributed by atoms with E-state index in [0.717, 1.165) is 5.56 Å². The lowest BCUT2D eigenvalue weighted by Crippen LogP contribution is -2.42. The standard InChI is InChI=1S/C26H28N4O6/c1-26(2,3)36-25(32)30-13-14-33-22-21(20(27)15-28-23(22)30)35-19-11-9-18(10-12-19)29-24(31)34-16-17-7-5-4-6-8-17/h4-12,15H,13-14,16,27H2,1-3H3,(H,29,31). The number of nitrogens with one attached hydrogen (secondary N) is 1. The molecule has 4 rings (SSSR count). The van der Waals surface area contributed by atoms with Crippen LogP contribution in [0.1, 0.15) is 26.3 Å². The molecule has 0 spiro atoms. The molecule has 0 saturated heterocycles. The number of nitrogens with zero attached hydrogens (tertiary/aromatic N) is 2. The van der Waals surface area contributed by atoms with Gasteiger partial charge in [-0.1, -0.05) is 30.3 Å². The predicted molar refractivity (Wildman–Crippen MR) is 134 cm³/mol. The molecular weight excluding hydrogens is 464 g/mol. The van der Waals surface area contributed by atoms with Gasteiger partial charge in [0, 0.05) is 5.69 Å². The van der Waals surface area contributed by atoms with Gasteiger partial charge in [-0.3, -0.25) is 10.2 Å². The molecule has 0 bridgehead atoms. The van der Waals surface area contributed by atoms with E-state index in [-0.39, 0.29) is 42.8 Å². The Morgan fingerprint density at radius 2 is 1.83 bits per heavy atom. The number of nitrogen functional groups attached to an aromatic ring is 1. The lowest BCUT2D eigenvalue weighted by molar-refractivity contribution is 0.0565. The minimum atomic E-state index is -0.660. The van der Waals surface area contributed by atoms with Crippen molar-refractivity contribution in [2.24, 2.45) is 0 Å². The van der Waals surface area contributed by atoms with Crippen molar-refractivity contribution < 1.29 is 28.5 Å². The molecule has 0 atom stereocenters. The highest BCUT2D eigenvalue weighted by atomic mass is 16.6. The normalized spacial score (nSPS) is 12.7. The van der Waals surface area contributed by atoms with E-state index in [1.54, 1.807) is 45.0 Å². The number of amides is 2. The van der Waals surface area contributed by atoms with Crippen LogP contribution in [-0.4, -0.2) is 35.9 Å². The van der Waals surface area contributed by atoms with Crippen molar-refractivity contribution in [3.8, 4) is 17.2 Å². The van der Waals surface area contributed by atoms with Crippen LogP contribution in [-0.2, 0) is 16.1 Å². The number of rotatable bonds is 5. The summed E-state index contributed by atoms with van der Waals surface area (Å²) in [4.78, 5) is 30.4. The fourth-order valence-electron chi connectivity index (χ4n) is 3.35. The van der Waals surface area contributed by atoms with Crippen molar-refractivity contribution in [2.45, 2.75) is 33.0 Å². The highest BCUT2D eigenvalue weighted by Crippen LogP contribution is 2.44. The number of carbonyl (C=O) groups is 2. The smallest absolute Gasteiger partial charge is 0.416 e. The molecular formula is C26H28N4O6. The number of ether oxygens (including phenoxy) is 4. The molecule has 2 amide bonds. The molecule has 0 radical (unpaired) electrons. The van der Waals surface area contributed by atoms with E-state index < -0.39 is 17.8 Å². The van der Waals surface area contributed by atoms with Gasteiger partial charge in [0.2, 0.25) is 5.75 Å². The van der Waals surface area contributed by atoms with Gasteiger partial charge in [-0.05, 0) is 50.6 Å². The molecule has 0 fully saturated rings. The molecule has 0 unspecified atom stereocenters. The topological polar surface area (TPSA) is 125 Å². The Balaban J connectivity index is 1.44. The molecule has 2 aromatic carbocycles. The molecule has 3 N–H and O–H groups in total. The second kappa shape index (κ2) is 10.4. The maximum Gasteiger partial charge on any atom is 0.416 e. The third-order valence-electron chi connectivity index (χ3n) is 4.96. The second-order valence-corrected chi connectivity index (χ2v) is 8.99. The molecule has 36 heavy (non-hydrogen) atoms. The Morgan fingerprint density at radius 3 is 2.53 bits per heavy atom. The van der Waals surface area contributed by atoms with Gasteiger partial charge in [0.15, 0.2) is 11.6 Å². The molecule has 1 aromatic heterocycles. The molecule has 10 heteroatoms. The largest absolute Gasteiger partial charge is 0.484 e. The van der Waals surface area contributed by atoms with Crippen molar-refractivity contribution in [1.29, 1.82) is 0 Å². The first-order chi connectivity index (χ1) is 17.2. The Hall–Kier alpha value is -4.47. The van der Waals surface area contributed by atoms with Crippen LogP contribution in [0.4, 0.5) is 26.8 Å². The fraction of sp³-hybridized carbons (Fsp3) is 0.269. The van der Waals surface area contributed by atoms with Crippen LogP contribution in [0.3, 0.4) is 0 Å². The highest BCUT2D eigenvalue weighted by molar-refractivity contribution is 5.90. The lowest BCUT2D eigenvalue weighted by Gasteiger charge is -2.31. The number of carbonyl (C=O) groups excluding carboxylic acids is 2. The zero-order chi connectivity index (χ0) is 25.7. The van der Waals surface area contributed by atoms with Crippen LogP contribution in [0, 0.1) is 0 Å². The maximum atomic E-state index is 12.7. The van der Waals surface area contributed by atoms with Gasteiger partial charge in [-0.2, -0.15) is 0 Å². The monoisotopic (exact) mass is 492 g/mol. The van der Waals surface area contributed by atoms with E-state index >= 15 is 0 Å². The summed E-state index contributed by atoms with van der Waals surface area (Å²) >= 11 is 0. The van der Waals surface area contributed by atoms with Gasteiger partial charge < -0.3 is 24.7 Å². The number of anilines is 3. The molecule has 0 saturated carbocycles. The summed E-state index contributed by atoms with van der Waals surface area (Å²) in [6.07, 6.45) is 0.291. The first-order valence-corrected chi connectivity index (χ1v) is 11.4. The molecule has 10 nitrogen and oxygen atoms in total. The fourth-order valence-corrected chi connectivity index (χ4v) is 3.35. The summed E-state index contributed by atoms with van der Waals surface area (Å²) < 4.78 is 22.5. The molecule has 2 heterocycles. The highest BCUT2D eigenvalue weighted by Gasteiger charge is 2.32. The number of benzene rings is 2. The zero-order valence-electron chi connectivity index (χ0n) is 20.3. The molecule has 1 aliphatic heterocycles. The molecule has 0 aliphatic carbocycles. The number of nitrogens with two attached hydrogens (primary N) is 1. The summed E-state index contributed by atoms with van der Waals surface area (Å²) in [5.74, 6) is 1.19. The van der Waals surface area contributed by atoms with Crippen LogP contribution in [0.2, 0.25) is 0 Å². The van der Waals surface area contributed by atoms with Gasteiger partial charge >= 0.3 is 12.2 Å². The Bertz CT molecular complexity index is 1230. The average molecular weight is 493 g/mol. The maximum absolute atomic E-state index is 12.7. The minimum absolute atomic E-state index is 0.167. The van der Waals surface area contributed by atoms with E-state index in [9.17, 15) is 9.59 Å². The third kappa shape index (κ3) is 6.15. The van der Waals surface area contributed by atoms with Crippen molar-refractivity contribution >= 4 is 29.4 Å². The van der Waals surface area contributed by atoms with E-state index in [1.807, 2.05) is 30.3 Å². The number of fused-ring (bicyclic) bond motifs is 1. The van der Waals surface area contributed by atoms with Gasteiger partial charge in [0.1, 0.15) is 24.6 Å². The molecule has 188 valence electrons. The van der Waals surface area contributed by atoms with Crippen molar-refractivity contribution in [3.63, 3.8) is 0 Å². The first kappa shape index (κ1) is 24.6. The number of hydrogen-bond donors (Lipinski definition) is 2. The van der Waals surface area contributed by atoms with Crippen LogP contribution in [0.25, 0.3) is 0 Å². The van der Waals surface area contributed by atoms with Gasteiger partial charge in [-0.25, -0.2) is 14.6 Å². The van der Waals surface area contributed by atoms with E-state index in [2.05, 4.69) is 10.3 Å². The number of aromatic nitrogens is 1. The quantitative estimate of drug-likeness (QED) is 0.489. The van der Waals surface area contributed by atoms with Crippen molar-refractivity contribution in [3.05, 3.63) is 66.4 Å². The van der Waals surface area contributed by atoms with E-state index in [4.69, 9.17) is 24.7 Å². The van der Waals surface area contributed by atoms with Crippen LogP contribution in [0.15, 0.2) is 60.8 Å². The SMILES string of the molecule is CC(C)(C)OC(=O)N1CCOc2c1ncc(N)c2Oc1ccc(NC(=O)OCc2ccccc2)cc1. The van der Waals surface area contributed by atoms with E-state index in [1.165, 1.54) is 11.1 Å². The first-order valence-electron chi connectivity index (χ1n) is 11.4. The summed E-state index contributed by atoms with van der Waals surface area (Å²) in [5, 5.41) is 2.67. The third-order valence-corrected chi connectivity index (χ3v) is 4.96. The van der Waals surface area contributed by atoms with Gasteiger partial charge in [0.05, 0.1) is 18.4 Å². The predicted octanol–water partition coefficient (Wildman–Crippen LogP) is 5.34. The van der Waals surface area contributed by atoms with Gasteiger partial charge in [-0.15, -0.1) is 0 Å². The summed E-state index contributed by atoms with van der Waals surface area (Å²) in [7, 11) is 0. The zero-order valence-corrected chi connectivity index (χ0v) is 20.3. The van der Waals surface area contributed by atoms with Crippen molar-refractivity contribution in [1.82, 2.24) is 4.98 Å². The molecule has 3 aromatic rings. The minimum Gasteiger partial charge on any atom is -0.484 e. The molecule has 1 aliphatic rings. The summed E-state index contributed by atoms with van der Waals surface area (Å²) in [6.45, 7) is 6.04. The van der Waals surface area contributed by atoms with Crippen LogP contribution in [0.5, 0.6) is 17.2 Å². The lowest BCUT2D eigenvalue weighted by atomic mass is 10.2. The Labute approximate surface area is 208 Å².